The fraction of sp³-hybridized carbons (Fsp3) is 0.467. The SMILES string of the molecule is CC(Sc1nnc2n1CCCCC2)c1ccc(N)cc1. The average molecular weight is 288 g/mol. The van der Waals surface area contributed by atoms with Crippen LogP contribution >= 0.6 is 11.8 Å². The van der Waals surface area contributed by atoms with Gasteiger partial charge in [0.25, 0.3) is 0 Å². The molecule has 3 rings (SSSR count). The largest absolute Gasteiger partial charge is 0.399 e. The second-order valence-electron chi connectivity index (χ2n) is 5.29. The molecule has 2 heterocycles. The van der Waals surface area contributed by atoms with E-state index in [9.17, 15) is 0 Å². The molecule has 0 bridgehead atoms. The molecule has 0 radical (unpaired) electrons. The number of nitrogens with two attached hydrogens (primary N) is 1. The highest BCUT2D eigenvalue weighted by Gasteiger charge is 2.17. The van der Waals surface area contributed by atoms with Crippen molar-refractivity contribution in [2.24, 2.45) is 0 Å². The predicted octanol–water partition coefficient (Wildman–Crippen LogP) is 3.44. The van der Waals surface area contributed by atoms with E-state index in [1.165, 1.54) is 24.8 Å². The summed E-state index contributed by atoms with van der Waals surface area (Å²) in [4.78, 5) is 0. The number of aryl methyl sites for hydroxylation is 1. The van der Waals surface area contributed by atoms with Crippen LogP contribution in [0.3, 0.4) is 0 Å². The zero-order valence-corrected chi connectivity index (χ0v) is 12.6. The number of fused-ring (bicyclic) bond motifs is 1. The molecule has 0 fully saturated rings. The Morgan fingerprint density at radius 3 is 2.75 bits per heavy atom. The summed E-state index contributed by atoms with van der Waals surface area (Å²) in [5.41, 5.74) is 7.82. The van der Waals surface area contributed by atoms with Gasteiger partial charge < -0.3 is 10.3 Å². The van der Waals surface area contributed by atoms with Crippen LogP contribution in [0.1, 0.15) is 42.8 Å². The standard InChI is InChI=1S/C15H20N4S/c1-11(12-6-8-13(16)9-7-12)20-15-18-17-14-5-3-2-4-10-19(14)15/h6-9,11H,2-5,10,16H2,1H3. The number of anilines is 1. The summed E-state index contributed by atoms with van der Waals surface area (Å²) in [5, 5.41) is 10.1. The van der Waals surface area contributed by atoms with E-state index in [0.29, 0.717) is 5.25 Å². The number of rotatable bonds is 3. The van der Waals surface area contributed by atoms with Crippen LogP contribution in [-0.4, -0.2) is 14.8 Å². The second-order valence-corrected chi connectivity index (χ2v) is 6.60. The summed E-state index contributed by atoms with van der Waals surface area (Å²) in [7, 11) is 0. The molecule has 1 aliphatic heterocycles. The Morgan fingerprint density at radius 2 is 1.95 bits per heavy atom. The normalized spacial score (nSPS) is 16.4. The van der Waals surface area contributed by atoms with Crippen molar-refractivity contribution in [2.75, 3.05) is 5.73 Å². The minimum Gasteiger partial charge on any atom is -0.399 e. The first-order valence-electron chi connectivity index (χ1n) is 7.18. The molecule has 5 heteroatoms. The molecule has 1 atom stereocenters. The fourth-order valence-corrected chi connectivity index (χ4v) is 3.56. The second kappa shape index (κ2) is 5.87. The highest BCUT2D eigenvalue weighted by Crippen LogP contribution is 2.35. The molecule has 0 saturated carbocycles. The Kier molecular flexibility index (Phi) is 3.96. The van der Waals surface area contributed by atoms with Crippen molar-refractivity contribution < 1.29 is 0 Å². The molecular formula is C15H20N4S. The molecule has 106 valence electrons. The van der Waals surface area contributed by atoms with Crippen molar-refractivity contribution in [1.29, 1.82) is 0 Å². The van der Waals surface area contributed by atoms with Gasteiger partial charge in [-0.15, -0.1) is 10.2 Å². The quantitative estimate of drug-likeness (QED) is 0.694. The lowest BCUT2D eigenvalue weighted by molar-refractivity contribution is 0.590. The maximum absolute atomic E-state index is 5.74. The van der Waals surface area contributed by atoms with Crippen LogP contribution in [0.15, 0.2) is 29.4 Å². The zero-order valence-electron chi connectivity index (χ0n) is 11.7. The lowest BCUT2D eigenvalue weighted by Crippen LogP contribution is -2.03. The summed E-state index contributed by atoms with van der Waals surface area (Å²) in [5.74, 6) is 1.15. The van der Waals surface area contributed by atoms with Crippen molar-refractivity contribution in [2.45, 2.75) is 49.6 Å². The van der Waals surface area contributed by atoms with Crippen LogP contribution in [0.25, 0.3) is 0 Å². The molecule has 0 spiro atoms. The van der Waals surface area contributed by atoms with Crippen LogP contribution in [0, 0.1) is 0 Å². The number of thioether (sulfide) groups is 1. The van der Waals surface area contributed by atoms with Crippen molar-refractivity contribution >= 4 is 17.4 Å². The third-order valence-electron chi connectivity index (χ3n) is 3.76. The van der Waals surface area contributed by atoms with Gasteiger partial charge in [-0.05, 0) is 37.5 Å². The lowest BCUT2D eigenvalue weighted by Gasteiger charge is -2.12. The van der Waals surface area contributed by atoms with Crippen LogP contribution in [0.2, 0.25) is 0 Å². The molecule has 0 saturated heterocycles. The summed E-state index contributed by atoms with van der Waals surface area (Å²) < 4.78 is 2.30. The summed E-state index contributed by atoms with van der Waals surface area (Å²) in [6.45, 7) is 3.26. The summed E-state index contributed by atoms with van der Waals surface area (Å²) in [6, 6.07) is 8.09. The Bertz CT molecular complexity index is 576. The van der Waals surface area contributed by atoms with E-state index < -0.39 is 0 Å². The van der Waals surface area contributed by atoms with Crippen LogP contribution in [0.4, 0.5) is 5.69 Å². The number of hydrogen-bond donors (Lipinski definition) is 1. The number of nitrogen functional groups attached to an aromatic ring is 1. The zero-order chi connectivity index (χ0) is 13.9. The Balaban J connectivity index is 1.77. The maximum Gasteiger partial charge on any atom is 0.191 e. The van der Waals surface area contributed by atoms with Gasteiger partial charge in [0.05, 0.1) is 0 Å². The third kappa shape index (κ3) is 2.82. The van der Waals surface area contributed by atoms with Gasteiger partial charge in [-0.25, -0.2) is 0 Å². The Hall–Kier alpha value is -1.49. The number of benzene rings is 1. The lowest BCUT2D eigenvalue weighted by atomic mass is 10.1. The van der Waals surface area contributed by atoms with Crippen LogP contribution < -0.4 is 5.73 Å². The van der Waals surface area contributed by atoms with Gasteiger partial charge in [-0.3, -0.25) is 0 Å². The molecule has 1 aromatic carbocycles. The van der Waals surface area contributed by atoms with Crippen molar-refractivity contribution in [3.63, 3.8) is 0 Å². The Labute approximate surface area is 123 Å². The van der Waals surface area contributed by atoms with Crippen molar-refractivity contribution in [3.8, 4) is 0 Å². The molecule has 2 N–H and O–H groups in total. The summed E-state index contributed by atoms with van der Waals surface area (Å²) in [6.07, 6.45) is 4.82. The minimum absolute atomic E-state index is 0.354. The molecule has 1 aromatic heterocycles. The van der Waals surface area contributed by atoms with E-state index in [1.54, 1.807) is 11.8 Å². The van der Waals surface area contributed by atoms with Gasteiger partial charge in [0.1, 0.15) is 5.82 Å². The van der Waals surface area contributed by atoms with Gasteiger partial charge in [0.2, 0.25) is 0 Å². The number of aromatic nitrogens is 3. The van der Waals surface area contributed by atoms with Crippen LogP contribution in [0.5, 0.6) is 0 Å². The fourth-order valence-electron chi connectivity index (χ4n) is 2.54. The highest BCUT2D eigenvalue weighted by molar-refractivity contribution is 7.99. The third-order valence-corrected chi connectivity index (χ3v) is 4.90. The molecular weight excluding hydrogens is 268 g/mol. The van der Waals surface area contributed by atoms with E-state index in [0.717, 1.165) is 29.6 Å². The van der Waals surface area contributed by atoms with Crippen molar-refractivity contribution in [1.82, 2.24) is 14.8 Å². The smallest absolute Gasteiger partial charge is 0.191 e. The highest BCUT2D eigenvalue weighted by atomic mass is 32.2. The molecule has 2 aromatic rings. The molecule has 0 amide bonds. The van der Waals surface area contributed by atoms with E-state index in [1.807, 2.05) is 12.1 Å². The first kappa shape index (κ1) is 13.5. The van der Waals surface area contributed by atoms with Crippen molar-refractivity contribution in [3.05, 3.63) is 35.7 Å². The van der Waals surface area contributed by atoms with Gasteiger partial charge in [0, 0.05) is 23.9 Å². The van der Waals surface area contributed by atoms with Gasteiger partial charge in [-0.2, -0.15) is 0 Å². The maximum atomic E-state index is 5.74. The molecule has 1 unspecified atom stereocenters. The van der Waals surface area contributed by atoms with E-state index in [2.05, 4.69) is 33.8 Å². The minimum atomic E-state index is 0.354. The van der Waals surface area contributed by atoms with E-state index in [-0.39, 0.29) is 0 Å². The average Bonchev–Trinajstić information content (AvgIpc) is 2.69. The van der Waals surface area contributed by atoms with Gasteiger partial charge in [-0.1, -0.05) is 30.3 Å². The topological polar surface area (TPSA) is 56.7 Å². The molecule has 20 heavy (non-hydrogen) atoms. The Morgan fingerprint density at radius 1 is 1.15 bits per heavy atom. The van der Waals surface area contributed by atoms with Gasteiger partial charge in [0.15, 0.2) is 5.16 Å². The predicted molar refractivity (Wildman–Crippen MR) is 82.7 cm³/mol. The first-order valence-corrected chi connectivity index (χ1v) is 8.06. The number of hydrogen-bond acceptors (Lipinski definition) is 4. The number of nitrogens with zero attached hydrogens (tertiary/aromatic N) is 3. The summed E-state index contributed by atoms with van der Waals surface area (Å²) >= 11 is 1.78. The van der Waals surface area contributed by atoms with Gasteiger partial charge >= 0.3 is 0 Å². The molecule has 1 aliphatic rings. The van der Waals surface area contributed by atoms with E-state index in [4.69, 9.17) is 5.73 Å². The first-order chi connectivity index (χ1) is 9.74. The van der Waals surface area contributed by atoms with E-state index >= 15 is 0 Å². The molecule has 4 nitrogen and oxygen atoms in total. The monoisotopic (exact) mass is 288 g/mol. The van der Waals surface area contributed by atoms with Crippen LogP contribution in [-0.2, 0) is 13.0 Å². The molecule has 0 aliphatic carbocycles.